The number of carbonyl (C=O) groups excluding carboxylic acids is 1. The number of rotatable bonds is 3. The van der Waals surface area contributed by atoms with Crippen molar-refractivity contribution in [2.24, 2.45) is 11.7 Å². The van der Waals surface area contributed by atoms with Crippen molar-refractivity contribution in [1.82, 2.24) is 14.7 Å². The Balaban J connectivity index is 2.01. The molecule has 2 heterocycles. The van der Waals surface area contributed by atoms with E-state index in [1.54, 1.807) is 10.9 Å². The topological polar surface area (TPSA) is 64.2 Å². The van der Waals surface area contributed by atoms with Gasteiger partial charge < -0.3 is 10.6 Å². The summed E-state index contributed by atoms with van der Waals surface area (Å²) in [5, 5.41) is 4.13. The summed E-state index contributed by atoms with van der Waals surface area (Å²) in [7, 11) is 0. The van der Waals surface area contributed by atoms with Crippen LogP contribution < -0.4 is 5.73 Å². The van der Waals surface area contributed by atoms with Crippen LogP contribution in [0.25, 0.3) is 0 Å². The summed E-state index contributed by atoms with van der Waals surface area (Å²) in [6, 6.07) is 1.84. The number of nitrogens with two attached hydrogens (primary N) is 1. The molecule has 0 saturated carbocycles. The first-order valence-electron chi connectivity index (χ1n) is 6.67. The molecule has 0 radical (unpaired) electrons. The highest BCUT2D eigenvalue weighted by Gasteiger charge is 2.30. The Bertz CT molecular complexity index is 390. The fourth-order valence-electron chi connectivity index (χ4n) is 2.57. The van der Waals surface area contributed by atoms with Gasteiger partial charge in [-0.3, -0.25) is 9.48 Å². The lowest BCUT2D eigenvalue weighted by Gasteiger charge is -2.37. The highest BCUT2D eigenvalue weighted by Crippen LogP contribution is 2.21. The molecule has 5 nitrogen and oxygen atoms in total. The van der Waals surface area contributed by atoms with Crippen LogP contribution in [0.1, 0.15) is 32.7 Å². The van der Waals surface area contributed by atoms with Crippen LogP contribution in [-0.4, -0.2) is 39.7 Å². The summed E-state index contributed by atoms with van der Waals surface area (Å²) >= 11 is 0. The third-order valence-corrected chi connectivity index (χ3v) is 3.91. The Labute approximate surface area is 108 Å². The number of nitrogens with zero attached hydrogens (tertiary/aromatic N) is 3. The average molecular weight is 250 g/mol. The monoisotopic (exact) mass is 250 g/mol. The molecule has 2 N–H and O–H groups in total. The third-order valence-electron chi connectivity index (χ3n) is 3.91. The lowest BCUT2D eigenvalue weighted by atomic mass is 9.90. The molecule has 1 fully saturated rings. The Morgan fingerprint density at radius 1 is 1.61 bits per heavy atom. The number of hydrogen-bond acceptors (Lipinski definition) is 3. The summed E-state index contributed by atoms with van der Waals surface area (Å²) in [5.41, 5.74) is 6.07. The molecule has 1 aliphatic heterocycles. The molecule has 0 aromatic carbocycles. The van der Waals surface area contributed by atoms with E-state index >= 15 is 0 Å². The molecule has 3 unspecified atom stereocenters. The molecule has 1 aliphatic rings. The van der Waals surface area contributed by atoms with Gasteiger partial charge in [-0.25, -0.2) is 0 Å². The van der Waals surface area contributed by atoms with Crippen LogP contribution in [0, 0.1) is 5.92 Å². The van der Waals surface area contributed by atoms with Gasteiger partial charge in [0.25, 0.3) is 0 Å². The molecule has 0 bridgehead atoms. The maximum Gasteiger partial charge on any atom is 0.247 e. The largest absolute Gasteiger partial charge is 0.340 e. The van der Waals surface area contributed by atoms with E-state index < -0.39 is 0 Å². The SMILES string of the molecule is CCC1CN(C(=O)C(C)n2cccn2)CCC1N. The van der Waals surface area contributed by atoms with Gasteiger partial charge >= 0.3 is 0 Å². The van der Waals surface area contributed by atoms with E-state index in [2.05, 4.69) is 12.0 Å². The highest BCUT2D eigenvalue weighted by molar-refractivity contribution is 5.80. The normalized spacial score (nSPS) is 26.1. The molecule has 18 heavy (non-hydrogen) atoms. The van der Waals surface area contributed by atoms with Gasteiger partial charge in [0.05, 0.1) is 0 Å². The Hall–Kier alpha value is -1.36. The quantitative estimate of drug-likeness (QED) is 0.871. The fourth-order valence-corrected chi connectivity index (χ4v) is 2.57. The van der Waals surface area contributed by atoms with Crippen LogP contribution in [0.3, 0.4) is 0 Å². The molecule has 1 saturated heterocycles. The van der Waals surface area contributed by atoms with Gasteiger partial charge in [-0.2, -0.15) is 5.10 Å². The van der Waals surface area contributed by atoms with Crippen molar-refractivity contribution in [2.45, 2.75) is 38.8 Å². The minimum absolute atomic E-state index is 0.143. The Morgan fingerprint density at radius 2 is 2.39 bits per heavy atom. The maximum atomic E-state index is 12.4. The van der Waals surface area contributed by atoms with Gasteiger partial charge in [0.2, 0.25) is 5.91 Å². The van der Waals surface area contributed by atoms with Crippen molar-refractivity contribution in [2.75, 3.05) is 13.1 Å². The number of amides is 1. The first-order chi connectivity index (χ1) is 8.63. The molecule has 0 spiro atoms. The van der Waals surface area contributed by atoms with E-state index in [0.717, 1.165) is 25.9 Å². The van der Waals surface area contributed by atoms with E-state index in [9.17, 15) is 4.79 Å². The number of aromatic nitrogens is 2. The molecule has 3 atom stereocenters. The number of likely N-dealkylation sites (tertiary alicyclic amines) is 1. The van der Waals surface area contributed by atoms with Crippen molar-refractivity contribution < 1.29 is 4.79 Å². The lowest BCUT2D eigenvalue weighted by Crippen LogP contribution is -2.50. The predicted molar refractivity (Wildman–Crippen MR) is 69.9 cm³/mol. The second-order valence-corrected chi connectivity index (χ2v) is 5.07. The zero-order valence-electron chi connectivity index (χ0n) is 11.1. The average Bonchev–Trinajstić information content (AvgIpc) is 2.91. The van der Waals surface area contributed by atoms with E-state index in [0.29, 0.717) is 5.92 Å². The second-order valence-electron chi connectivity index (χ2n) is 5.07. The van der Waals surface area contributed by atoms with Crippen LogP contribution in [0.15, 0.2) is 18.5 Å². The smallest absolute Gasteiger partial charge is 0.247 e. The minimum Gasteiger partial charge on any atom is -0.340 e. The predicted octanol–water partition coefficient (Wildman–Crippen LogP) is 1.03. The molecular weight excluding hydrogens is 228 g/mol. The molecule has 2 rings (SSSR count). The molecule has 1 aromatic rings. The molecule has 0 aliphatic carbocycles. The van der Waals surface area contributed by atoms with Crippen molar-refractivity contribution in [3.05, 3.63) is 18.5 Å². The van der Waals surface area contributed by atoms with Crippen molar-refractivity contribution in [1.29, 1.82) is 0 Å². The molecule has 1 aromatic heterocycles. The van der Waals surface area contributed by atoms with Crippen molar-refractivity contribution in [3.63, 3.8) is 0 Å². The number of piperidine rings is 1. The second kappa shape index (κ2) is 5.52. The van der Waals surface area contributed by atoms with Gasteiger partial charge in [0.15, 0.2) is 0 Å². The van der Waals surface area contributed by atoms with Crippen molar-refractivity contribution >= 4 is 5.91 Å². The zero-order chi connectivity index (χ0) is 13.1. The molecule has 5 heteroatoms. The molecule has 100 valence electrons. The van der Waals surface area contributed by atoms with Gasteiger partial charge in [-0.05, 0) is 25.3 Å². The van der Waals surface area contributed by atoms with E-state index in [4.69, 9.17) is 5.73 Å². The van der Waals surface area contributed by atoms with Crippen LogP contribution in [0.2, 0.25) is 0 Å². The fraction of sp³-hybridized carbons (Fsp3) is 0.692. The molecule has 1 amide bonds. The van der Waals surface area contributed by atoms with Gasteiger partial charge in [0, 0.05) is 31.5 Å². The number of carbonyl (C=O) groups is 1. The Kier molecular flexibility index (Phi) is 4.01. The van der Waals surface area contributed by atoms with E-state index in [-0.39, 0.29) is 18.0 Å². The zero-order valence-corrected chi connectivity index (χ0v) is 11.1. The van der Waals surface area contributed by atoms with E-state index in [1.807, 2.05) is 24.1 Å². The van der Waals surface area contributed by atoms with Crippen LogP contribution in [0.4, 0.5) is 0 Å². The highest BCUT2D eigenvalue weighted by atomic mass is 16.2. The number of hydrogen-bond donors (Lipinski definition) is 1. The van der Waals surface area contributed by atoms with Gasteiger partial charge in [-0.15, -0.1) is 0 Å². The van der Waals surface area contributed by atoms with Crippen molar-refractivity contribution in [3.8, 4) is 0 Å². The first-order valence-corrected chi connectivity index (χ1v) is 6.67. The summed E-state index contributed by atoms with van der Waals surface area (Å²) < 4.78 is 1.71. The van der Waals surface area contributed by atoms with Gasteiger partial charge in [0.1, 0.15) is 6.04 Å². The van der Waals surface area contributed by atoms with E-state index in [1.165, 1.54) is 0 Å². The molecular formula is C13H22N4O. The Morgan fingerprint density at radius 3 is 3.00 bits per heavy atom. The van der Waals surface area contributed by atoms with Crippen LogP contribution >= 0.6 is 0 Å². The third kappa shape index (κ3) is 2.56. The first kappa shape index (κ1) is 13.1. The summed E-state index contributed by atoms with van der Waals surface area (Å²) in [4.78, 5) is 14.3. The standard InChI is InChI=1S/C13H22N4O/c1-3-11-9-16(8-5-12(11)14)13(18)10(2)17-7-4-6-15-17/h4,6-7,10-12H,3,5,8-9,14H2,1-2H3. The van der Waals surface area contributed by atoms with Crippen LogP contribution in [-0.2, 0) is 4.79 Å². The summed E-state index contributed by atoms with van der Waals surface area (Å²) in [6.45, 7) is 5.57. The maximum absolute atomic E-state index is 12.4. The summed E-state index contributed by atoms with van der Waals surface area (Å²) in [6.07, 6.45) is 5.46. The minimum atomic E-state index is -0.230. The summed E-state index contributed by atoms with van der Waals surface area (Å²) in [5.74, 6) is 0.566. The van der Waals surface area contributed by atoms with Crippen LogP contribution in [0.5, 0.6) is 0 Å². The lowest BCUT2D eigenvalue weighted by molar-refractivity contribution is -0.136. The van der Waals surface area contributed by atoms with Gasteiger partial charge in [-0.1, -0.05) is 13.3 Å².